The highest BCUT2D eigenvalue weighted by Gasteiger charge is 2.64. The quantitative estimate of drug-likeness (QED) is 0.0845. The van der Waals surface area contributed by atoms with Crippen LogP contribution < -0.4 is 0 Å². The van der Waals surface area contributed by atoms with E-state index in [2.05, 4.69) is 29.2 Å². The number of hydrogen-bond acceptors (Lipinski definition) is 7. The van der Waals surface area contributed by atoms with E-state index < -0.39 is 47.6 Å². The van der Waals surface area contributed by atoms with E-state index in [4.69, 9.17) is 28.8 Å². The summed E-state index contributed by atoms with van der Waals surface area (Å²) < 4.78 is 80.7. The molecule has 0 bridgehead atoms. The van der Waals surface area contributed by atoms with Crippen molar-refractivity contribution in [3.05, 3.63) is 221 Å². The van der Waals surface area contributed by atoms with Crippen LogP contribution in [0.4, 0.5) is 13.2 Å². The molecule has 9 rings (SSSR count). The molecule has 1 spiro atoms. The summed E-state index contributed by atoms with van der Waals surface area (Å²) in [7, 11) is 0. The lowest BCUT2D eigenvalue weighted by molar-refractivity contribution is -0.368. The maximum absolute atomic E-state index is 14.7. The van der Waals surface area contributed by atoms with Crippen LogP contribution >= 0.6 is 0 Å². The fraction of sp³-hybridized carbons (Fsp3) is 0.264. The molecule has 8 nitrogen and oxygen atoms in total. The Morgan fingerprint density at radius 2 is 1.12 bits per heavy atom. The predicted octanol–water partition coefficient (Wildman–Crippen LogP) is 10.5. The summed E-state index contributed by atoms with van der Waals surface area (Å²) in [6.07, 6.45) is 1.45. The van der Waals surface area contributed by atoms with Gasteiger partial charge in [0.2, 0.25) is 5.79 Å². The van der Waals surface area contributed by atoms with Crippen molar-refractivity contribution in [1.82, 2.24) is 14.7 Å². The highest BCUT2D eigenvalue weighted by molar-refractivity contribution is 5.62. The Balaban J connectivity index is 1.19. The molecule has 6 unspecified atom stereocenters. The van der Waals surface area contributed by atoms with Gasteiger partial charge in [-0.05, 0) is 51.9 Å². The molecule has 6 aromatic carbocycles. The molecule has 3 heterocycles. The Hall–Kier alpha value is -5.92. The van der Waals surface area contributed by atoms with Gasteiger partial charge in [0.1, 0.15) is 24.4 Å². The molecule has 2 saturated heterocycles. The van der Waals surface area contributed by atoms with Gasteiger partial charge in [-0.3, -0.25) is 9.58 Å². The third-order valence-electron chi connectivity index (χ3n) is 12.0. The van der Waals surface area contributed by atoms with Gasteiger partial charge in [-0.25, -0.2) is 13.2 Å². The minimum absolute atomic E-state index is 0.119. The number of hydrogen-bond donors (Lipinski definition) is 0. The van der Waals surface area contributed by atoms with Crippen LogP contribution in [0, 0.1) is 17.5 Å². The van der Waals surface area contributed by atoms with Crippen LogP contribution in [-0.2, 0) is 56.6 Å². The first-order valence-electron chi connectivity index (χ1n) is 21.7. The minimum atomic E-state index is -1.54. The lowest BCUT2D eigenvalue weighted by Gasteiger charge is -2.54. The Kier molecular flexibility index (Phi) is 13.7. The van der Waals surface area contributed by atoms with Crippen LogP contribution in [0.2, 0.25) is 0 Å². The van der Waals surface area contributed by atoms with Crippen molar-refractivity contribution in [2.45, 2.75) is 75.5 Å². The first-order chi connectivity index (χ1) is 31.4. The maximum atomic E-state index is 14.7. The van der Waals surface area contributed by atoms with Gasteiger partial charge in [-0.2, -0.15) is 5.10 Å². The van der Waals surface area contributed by atoms with Crippen molar-refractivity contribution in [3.63, 3.8) is 0 Å². The van der Waals surface area contributed by atoms with Crippen LogP contribution in [0.25, 0.3) is 11.1 Å². The second kappa shape index (κ2) is 20.3. The molecule has 2 aliphatic rings. The molecule has 0 aliphatic carbocycles. The molecule has 0 amide bonds. The van der Waals surface area contributed by atoms with E-state index in [1.54, 1.807) is 10.9 Å². The second-order valence-corrected chi connectivity index (χ2v) is 16.3. The van der Waals surface area contributed by atoms with Crippen molar-refractivity contribution in [3.8, 4) is 11.1 Å². The average molecular weight is 866 g/mol. The molecule has 0 N–H and O–H groups in total. The van der Waals surface area contributed by atoms with E-state index >= 15 is 0 Å². The Bertz CT molecular complexity index is 2470. The molecule has 6 atom stereocenters. The highest BCUT2D eigenvalue weighted by atomic mass is 19.2. The lowest BCUT2D eigenvalue weighted by Crippen LogP contribution is -2.69. The number of rotatable bonds is 17. The fourth-order valence-corrected chi connectivity index (χ4v) is 8.97. The molecule has 0 saturated carbocycles. The average Bonchev–Trinajstić information content (AvgIpc) is 4.00. The van der Waals surface area contributed by atoms with E-state index in [1.165, 1.54) is 6.20 Å². The number of nitrogens with zero attached hydrogens (tertiary/aromatic N) is 3. The Labute approximate surface area is 371 Å². The fourth-order valence-electron chi connectivity index (χ4n) is 8.97. The number of ether oxygens (including phenoxy) is 5. The first kappa shape index (κ1) is 43.3. The van der Waals surface area contributed by atoms with E-state index in [1.807, 2.05) is 127 Å². The summed E-state index contributed by atoms with van der Waals surface area (Å²) >= 11 is 0. The molecule has 2 fully saturated rings. The summed E-state index contributed by atoms with van der Waals surface area (Å²) in [5.41, 5.74) is 5.62. The van der Waals surface area contributed by atoms with E-state index in [0.717, 1.165) is 39.9 Å². The third kappa shape index (κ3) is 9.90. The maximum Gasteiger partial charge on any atom is 0.213 e. The lowest BCUT2D eigenvalue weighted by atomic mass is 9.84. The largest absolute Gasteiger partial charge is 0.374 e. The van der Waals surface area contributed by atoms with E-state index in [-0.39, 0.29) is 31.4 Å². The summed E-state index contributed by atoms with van der Waals surface area (Å²) in [6, 6.07) is 51.2. The number of aromatic nitrogens is 2. The van der Waals surface area contributed by atoms with Gasteiger partial charge in [-0.15, -0.1) is 0 Å². The summed E-state index contributed by atoms with van der Waals surface area (Å²) in [5, 5.41) is 4.88. The van der Waals surface area contributed by atoms with Gasteiger partial charge in [0.05, 0.1) is 45.3 Å². The standard InChI is InChI=1S/C53H50F3N3O5/c54-45-28-43(29-46(55)49(45)56)44-30-57-59(33-44)50-51(61-35-41-22-12-4-13-23-41)47(37-60-34-40-20-10-3-11-21-40)64-53(52(50)62-36-42-24-14-5-15-25-42)48(26-27-63-53)58(31-38-16-6-1-7-17-38)32-39-18-8-2-9-19-39/h1-25,28-30,33,47-48,50-52H,26-27,31-32,34-37H2. The van der Waals surface area contributed by atoms with Crippen LogP contribution in [0.1, 0.15) is 40.3 Å². The SMILES string of the molecule is Fc1cc(-c2cnn(C3C(OCc4ccccc4)C(COCc4ccccc4)OC4(OCCC4N(Cc4ccccc4)Cc4ccccc4)C3OCc3ccccc3)c2)cc(F)c1F. The first-order valence-corrected chi connectivity index (χ1v) is 21.7. The van der Waals surface area contributed by atoms with Gasteiger partial charge >= 0.3 is 0 Å². The smallest absolute Gasteiger partial charge is 0.213 e. The zero-order valence-corrected chi connectivity index (χ0v) is 35.3. The molecule has 11 heteroatoms. The van der Waals surface area contributed by atoms with Gasteiger partial charge in [-0.1, -0.05) is 152 Å². The van der Waals surface area contributed by atoms with Crippen molar-refractivity contribution >= 4 is 0 Å². The van der Waals surface area contributed by atoms with Crippen LogP contribution in [0.15, 0.2) is 176 Å². The molecular formula is C53H50F3N3O5. The molecule has 328 valence electrons. The Morgan fingerprint density at radius 1 is 0.625 bits per heavy atom. The normalized spacial score (nSPS) is 22.0. The summed E-state index contributed by atoms with van der Waals surface area (Å²) in [5.74, 6) is -5.55. The minimum Gasteiger partial charge on any atom is -0.374 e. The molecule has 64 heavy (non-hydrogen) atoms. The monoisotopic (exact) mass is 865 g/mol. The zero-order valence-electron chi connectivity index (χ0n) is 35.3. The molecule has 0 radical (unpaired) electrons. The summed E-state index contributed by atoms with van der Waals surface area (Å²) in [4.78, 5) is 2.40. The predicted molar refractivity (Wildman–Crippen MR) is 237 cm³/mol. The van der Waals surface area contributed by atoms with Crippen LogP contribution in [0.5, 0.6) is 0 Å². The molecule has 2 aliphatic heterocycles. The molecule has 1 aromatic heterocycles. The topological polar surface area (TPSA) is 67.2 Å². The van der Waals surface area contributed by atoms with Crippen molar-refractivity contribution in [1.29, 1.82) is 0 Å². The van der Waals surface area contributed by atoms with E-state index in [0.29, 0.717) is 38.3 Å². The third-order valence-corrected chi connectivity index (χ3v) is 12.0. The van der Waals surface area contributed by atoms with Crippen molar-refractivity contribution in [2.75, 3.05) is 13.2 Å². The van der Waals surface area contributed by atoms with Crippen LogP contribution in [-0.4, -0.2) is 58.0 Å². The van der Waals surface area contributed by atoms with Crippen molar-refractivity contribution in [2.24, 2.45) is 0 Å². The van der Waals surface area contributed by atoms with Gasteiger partial charge in [0, 0.05) is 24.8 Å². The van der Waals surface area contributed by atoms with Crippen LogP contribution in [0.3, 0.4) is 0 Å². The van der Waals surface area contributed by atoms with Gasteiger partial charge in [0.25, 0.3) is 0 Å². The van der Waals surface area contributed by atoms with E-state index in [9.17, 15) is 13.2 Å². The van der Waals surface area contributed by atoms with Gasteiger partial charge in [0.15, 0.2) is 17.5 Å². The van der Waals surface area contributed by atoms with Crippen molar-refractivity contribution < 1.29 is 36.9 Å². The molecular weight excluding hydrogens is 816 g/mol. The Morgan fingerprint density at radius 3 is 1.67 bits per heavy atom. The molecule has 7 aromatic rings. The zero-order chi connectivity index (χ0) is 43.7. The number of benzene rings is 6. The summed E-state index contributed by atoms with van der Waals surface area (Å²) in [6.45, 7) is 2.40. The number of halogens is 3. The second-order valence-electron chi connectivity index (χ2n) is 16.3. The van der Waals surface area contributed by atoms with Gasteiger partial charge < -0.3 is 23.7 Å². The highest BCUT2D eigenvalue weighted by Crippen LogP contribution is 2.49.